The minimum absolute atomic E-state index is 0.129. The van der Waals surface area contributed by atoms with Crippen molar-refractivity contribution in [3.8, 4) is 0 Å². The van der Waals surface area contributed by atoms with E-state index in [1.807, 2.05) is 6.07 Å². The van der Waals surface area contributed by atoms with Crippen LogP contribution in [0.5, 0.6) is 0 Å². The molecule has 1 amide bonds. The first kappa shape index (κ1) is 14.4. The number of nitrogens with one attached hydrogen (secondary N) is 2. The standard InChI is InChI=1S/C12H13N3O3S2/c1-20(17,18)15-9-7-19-11(13)10(9)12(16)14-8-5-3-2-4-6-8/h2-7,15H,13H2,1H3,(H,14,16). The molecule has 0 aliphatic heterocycles. The molecule has 0 aliphatic carbocycles. The fraction of sp³-hybridized carbons (Fsp3) is 0.0833. The highest BCUT2D eigenvalue weighted by atomic mass is 32.2. The first-order valence-electron chi connectivity index (χ1n) is 5.58. The molecule has 1 aromatic heterocycles. The topological polar surface area (TPSA) is 101 Å². The zero-order chi connectivity index (χ0) is 14.8. The summed E-state index contributed by atoms with van der Waals surface area (Å²) in [6.07, 6.45) is 1.01. The van der Waals surface area contributed by atoms with Gasteiger partial charge in [0.1, 0.15) is 5.00 Å². The molecule has 0 radical (unpaired) electrons. The summed E-state index contributed by atoms with van der Waals surface area (Å²) < 4.78 is 24.8. The smallest absolute Gasteiger partial charge is 0.260 e. The first-order chi connectivity index (χ1) is 9.37. The number of amides is 1. The average molecular weight is 311 g/mol. The summed E-state index contributed by atoms with van der Waals surface area (Å²) in [6.45, 7) is 0. The molecule has 0 fully saturated rings. The highest BCUT2D eigenvalue weighted by Gasteiger charge is 2.19. The number of anilines is 3. The largest absolute Gasteiger partial charge is 0.390 e. The number of carbonyl (C=O) groups excluding carboxylic acids is 1. The van der Waals surface area contributed by atoms with E-state index in [0.717, 1.165) is 17.6 Å². The van der Waals surface area contributed by atoms with E-state index in [9.17, 15) is 13.2 Å². The Morgan fingerprint density at radius 3 is 2.50 bits per heavy atom. The Morgan fingerprint density at radius 2 is 1.90 bits per heavy atom. The summed E-state index contributed by atoms with van der Waals surface area (Å²) in [5.41, 5.74) is 6.66. The van der Waals surface area contributed by atoms with E-state index < -0.39 is 15.9 Å². The second-order valence-electron chi connectivity index (χ2n) is 4.08. The number of hydrogen-bond acceptors (Lipinski definition) is 5. The van der Waals surface area contributed by atoms with Crippen molar-refractivity contribution in [3.05, 3.63) is 41.3 Å². The summed E-state index contributed by atoms with van der Waals surface area (Å²) in [5, 5.41) is 4.41. The summed E-state index contributed by atoms with van der Waals surface area (Å²) in [7, 11) is -3.47. The molecule has 20 heavy (non-hydrogen) atoms. The molecule has 0 saturated carbocycles. The molecular weight excluding hydrogens is 298 g/mol. The number of nitrogens with two attached hydrogens (primary N) is 1. The fourth-order valence-electron chi connectivity index (χ4n) is 1.60. The molecule has 0 spiro atoms. The quantitative estimate of drug-likeness (QED) is 0.803. The second-order valence-corrected chi connectivity index (χ2v) is 6.74. The van der Waals surface area contributed by atoms with Crippen molar-refractivity contribution in [2.45, 2.75) is 0 Å². The molecule has 0 aliphatic rings. The maximum Gasteiger partial charge on any atom is 0.260 e. The van der Waals surface area contributed by atoms with Crippen molar-refractivity contribution in [3.63, 3.8) is 0 Å². The molecular formula is C12H13N3O3S2. The van der Waals surface area contributed by atoms with Crippen LogP contribution in [0.3, 0.4) is 0 Å². The lowest BCUT2D eigenvalue weighted by molar-refractivity contribution is 0.102. The van der Waals surface area contributed by atoms with Crippen LogP contribution in [0.2, 0.25) is 0 Å². The van der Waals surface area contributed by atoms with Gasteiger partial charge in [-0.2, -0.15) is 0 Å². The van der Waals surface area contributed by atoms with E-state index in [2.05, 4.69) is 10.0 Å². The van der Waals surface area contributed by atoms with Gasteiger partial charge in [0.15, 0.2) is 0 Å². The van der Waals surface area contributed by atoms with Crippen LogP contribution in [0.15, 0.2) is 35.7 Å². The van der Waals surface area contributed by atoms with Gasteiger partial charge in [0.05, 0.1) is 17.5 Å². The Hall–Kier alpha value is -2.06. The van der Waals surface area contributed by atoms with Crippen LogP contribution in [-0.2, 0) is 10.0 Å². The molecule has 0 bridgehead atoms. The minimum atomic E-state index is -3.47. The number of thiophene rings is 1. The van der Waals surface area contributed by atoms with Crippen LogP contribution in [-0.4, -0.2) is 20.6 Å². The van der Waals surface area contributed by atoms with Gasteiger partial charge in [-0.15, -0.1) is 11.3 Å². The molecule has 0 unspecified atom stereocenters. The zero-order valence-corrected chi connectivity index (χ0v) is 12.2. The molecule has 2 aromatic rings. The fourth-order valence-corrected chi connectivity index (χ4v) is 2.97. The van der Waals surface area contributed by atoms with Crippen molar-refractivity contribution in [1.29, 1.82) is 0 Å². The number of benzene rings is 1. The molecule has 1 aromatic carbocycles. The Labute approximate surface area is 120 Å². The lowest BCUT2D eigenvalue weighted by Crippen LogP contribution is -2.17. The Balaban J connectivity index is 2.28. The minimum Gasteiger partial charge on any atom is -0.390 e. The van der Waals surface area contributed by atoms with Crippen molar-refractivity contribution < 1.29 is 13.2 Å². The van der Waals surface area contributed by atoms with Gasteiger partial charge in [0.2, 0.25) is 10.0 Å². The van der Waals surface area contributed by atoms with Crippen molar-refractivity contribution in [1.82, 2.24) is 0 Å². The molecule has 0 saturated heterocycles. The molecule has 1 heterocycles. The van der Waals surface area contributed by atoms with Crippen LogP contribution in [0.25, 0.3) is 0 Å². The second kappa shape index (κ2) is 5.51. The third-order valence-corrected chi connectivity index (χ3v) is 3.78. The van der Waals surface area contributed by atoms with Crippen molar-refractivity contribution >= 4 is 43.6 Å². The maximum atomic E-state index is 12.2. The summed E-state index contributed by atoms with van der Waals surface area (Å²) >= 11 is 1.10. The molecule has 2 rings (SSSR count). The predicted molar refractivity (Wildman–Crippen MR) is 81.6 cm³/mol. The van der Waals surface area contributed by atoms with E-state index in [4.69, 9.17) is 5.73 Å². The molecule has 106 valence electrons. The van der Waals surface area contributed by atoms with E-state index in [1.54, 1.807) is 24.3 Å². The Kier molecular flexibility index (Phi) is 3.96. The third kappa shape index (κ3) is 3.49. The van der Waals surface area contributed by atoms with Gasteiger partial charge in [-0.3, -0.25) is 9.52 Å². The summed E-state index contributed by atoms with van der Waals surface area (Å²) in [5.74, 6) is -0.457. The number of hydrogen-bond donors (Lipinski definition) is 3. The van der Waals surface area contributed by atoms with E-state index in [-0.39, 0.29) is 16.3 Å². The molecule has 8 heteroatoms. The van der Waals surface area contributed by atoms with Crippen LogP contribution in [0.1, 0.15) is 10.4 Å². The Bertz CT molecular complexity index is 724. The third-order valence-electron chi connectivity index (χ3n) is 2.37. The monoisotopic (exact) mass is 311 g/mol. The SMILES string of the molecule is CS(=O)(=O)Nc1csc(N)c1C(=O)Nc1ccccc1. The first-order valence-corrected chi connectivity index (χ1v) is 8.35. The Morgan fingerprint density at radius 1 is 1.25 bits per heavy atom. The van der Waals surface area contributed by atoms with Gasteiger partial charge in [0, 0.05) is 11.1 Å². The predicted octanol–water partition coefficient (Wildman–Crippen LogP) is 1.95. The maximum absolute atomic E-state index is 12.2. The van der Waals surface area contributed by atoms with Crippen LogP contribution in [0.4, 0.5) is 16.4 Å². The number of para-hydroxylation sites is 1. The van der Waals surface area contributed by atoms with Gasteiger partial charge >= 0.3 is 0 Å². The van der Waals surface area contributed by atoms with Crippen molar-refractivity contribution in [2.24, 2.45) is 0 Å². The molecule has 4 N–H and O–H groups in total. The van der Waals surface area contributed by atoms with Gasteiger partial charge in [0.25, 0.3) is 5.91 Å². The van der Waals surface area contributed by atoms with Gasteiger partial charge < -0.3 is 11.1 Å². The summed E-state index contributed by atoms with van der Waals surface area (Å²) in [4.78, 5) is 12.2. The number of nitrogen functional groups attached to an aromatic ring is 1. The molecule has 0 atom stereocenters. The van der Waals surface area contributed by atoms with Gasteiger partial charge in [-0.05, 0) is 12.1 Å². The number of rotatable bonds is 4. The van der Waals surface area contributed by atoms with Crippen LogP contribution in [0, 0.1) is 0 Å². The van der Waals surface area contributed by atoms with Crippen molar-refractivity contribution in [2.75, 3.05) is 22.0 Å². The normalized spacial score (nSPS) is 11.1. The van der Waals surface area contributed by atoms with Gasteiger partial charge in [-0.25, -0.2) is 8.42 Å². The number of sulfonamides is 1. The average Bonchev–Trinajstić information content (AvgIpc) is 2.69. The number of carbonyl (C=O) groups is 1. The summed E-state index contributed by atoms with van der Waals surface area (Å²) in [6, 6.07) is 8.84. The van der Waals surface area contributed by atoms with Gasteiger partial charge in [-0.1, -0.05) is 18.2 Å². The van der Waals surface area contributed by atoms with E-state index in [0.29, 0.717) is 5.69 Å². The molecule has 6 nitrogen and oxygen atoms in total. The lowest BCUT2D eigenvalue weighted by Gasteiger charge is -2.08. The highest BCUT2D eigenvalue weighted by molar-refractivity contribution is 7.92. The van der Waals surface area contributed by atoms with E-state index in [1.165, 1.54) is 5.38 Å². The van der Waals surface area contributed by atoms with Crippen LogP contribution >= 0.6 is 11.3 Å². The zero-order valence-electron chi connectivity index (χ0n) is 10.6. The van der Waals surface area contributed by atoms with E-state index >= 15 is 0 Å². The lowest BCUT2D eigenvalue weighted by atomic mass is 10.2. The van der Waals surface area contributed by atoms with Crippen LogP contribution < -0.4 is 15.8 Å². The highest BCUT2D eigenvalue weighted by Crippen LogP contribution is 2.31.